The van der Waals surface area contributed by atoms with Crippen LogP contribution in [0.1, 0.15) is 18.4 Å². The van der Waals surface area contributed by atoms with Crippen molar-refractivity contribution in [1.29, 1.82) is 0 Å². The predicted molar refractivity (Wildman–Crippen MR) is 82.6 cm³/mol. The molecule has 0 radical (unpaired) electrons. The molecule has 1 aromatic carbocycles. The number of alkyl carbamates (subject to hydrolysis) is 1. The van der Waals surface area contributed by atoms with E-state index in [1.54, 1.807) is 24.3 Å². The molecule has 1 heterocycles. The summed E-state index contributed by atoms with van der Waals surface area (Å²) in [5.74, 6) is -1.42. The summed E-state index contributed by atoms with van der Waals surface area (Å²) < 4.78 is 27.8. The molecule has 23 heavy (non-hydrogen) atoms. The molecular formula is C15H19NO6S. The van der Waals surface area contributed by atoms with Crippen LogP contribution in [0.5, 0.6) is 0 Å². The highest BCUT2D eigenvalue weighted by Crippen LogP contribution is 2.23. The summed E-state index contributed by atoms with van der Waals surface area (Å²) >= 11 is 0. The van der Waals surface area contributed by atoms with Gasteiger partial charge in [0, 0.05) is 0 Å². The summed E-state index contributed by atoms with van der Waals surface area (Å²) in [6, 6.07) is 7.85. The first-order chi connectivity index (χ1) is 10.9. The molecule has 1 fully saturated rings. The van der Waals surface area contributed by atoms with Gasteiger partial charge in [-0.2, -0.15) is 0 Å². The fraction of sp³-hybridized carbons (Fsp3) is 0.467. The largest absolute Gasteiger partial charge is 0.480 e. The highest BCUT2D eigenvalue weighted by molar-refractivity contribution is 7.91. The Morgan fingerprint density at radius 2 is 2.00 bits per heavy atom. The molecule has 1 aromatic rings. The lowest BCUT2D eigenvalue weighted by molar-refractivity contribution is -0.139. The van der Waals surface area contributed by atoms with Crippen molar-refractivity contribution in [3.05, 3.63) is 35.9 Å². The summed E-state index contributed by atoms with van der Waals surface area (Å²) in [5.41, 5.74) is 0.788. The monoisotopic (exact) mass is 341 g/mol. The third kappa shape index (κ3) is 5.55. The molecule has 8 heteroatoms. The van der Waals surface area contributed by atoms with Crippen LogP contribution in [0.2, 0.25) is 0 Å². The maximum absolute atomic E-state index is 11.7. The average Bonchev–Trinajstić information content (AvgIpc) is 2.84. The molecule has 1 amide bonds. The predicted octanol–water partition coefficient (Wildman–Crippen LogP) is 1.19. The van der Waals surface area contributed by atoms with Crippen molar-refractivity contribution >= 4 is 21.9 Å². The number of benzene rings is 1. The maximum atomic E-state index is 11.7. The van der Waals surface area contributed by atoms with Crippen molar-refractivity contribution < 1.29 is 27.9 Å². The Kier molecular flexibility index (Phi) is 5.59. The summed E-state index contributed by atoms with van der Waals surface area (Å²) in [6.07, 6.45) is -0.330. The maximum Gasteiger partial charge on any atom is 0.408 e. The Bertz CT molecular complexity index is 658. The van der Waals surface area contributed by atoms with Gasteiger partial charge in [0.1, 0.15) is 12.6 Å². The molecule has 0 aromatic heterocycles. The highest BCUT2D eigenvalue weighted by atomic mass is 32.2. The van der Waals surface area contributed by atoms with E-state index < -0.39 is 27.9 Å². The second-order valence-electron chi connectivity index (χ2n) is 5.60. The van der Waals surface area contributed by atoms with Crippen LogP contribution in [0.15, 0.2) is 30.3 Å². The molecule has 126 valence electrons. The number of aliphatic carboxylic acids is 1. The molecular weight excluding hydrogens is 322 g/mol. The van der Waals surface area contributed by atoms with E-state index in [0.29, 0.717) is 6.42 Å². The zero-order chi connectivity index (χ0) is 16.9. The van der Waals surface area contributed by atoms with Gasteiger partial charge in [0.25, 0.3) is 0 Å². The number of rotatable bonds is 6. The third-order valence-corrected chi connectivity index (χ3v) is 5.54. The number of hydrogen-bond acceptors (Lipinski definition) is 5. The van der Waals surface area contributed by atoms with E-state index in [0.717, 1.165) is 5.56 Å². The van der Waals surface area contributed by atoms with E-state index >= 15 is 0 Å². The number of carboxylic acid groups (broad SMARTS) is 1. The molecule has 2 N–H and O–H groups in total. The second kappa shape index (κ2) is 7.45. The van der Waals surface area contributed by atoms with Gasteiger partial charge >= 0.3 is 12.1 Å². The number of ether oxygens (including phenoxy) is 1. The SMILES string of the molecule is O=C(NC(CC1CCS(=O)(=O)C1)C(=O)O)OCc1ccccc1. The Hall–Kier alpha value is -2.09. The van der Waals surface area contributed by atoms with Crippen molar-refractivity contribution in [2.75, 3.05) is 11.5 Å². The van der Waals surface area contributed by atoms with E-state index in [4.69, 9.17) is 4.74 Å². The molecule has 0 bridgehead atoms. The standard InChI is InChI=1S/C15H19NO6S/c17-14(18)13(8-12-6-7-23(20,21)10-12)16-15(19)22-9-11-4-2-1-3-5-11/h1-5,12-13H,6-10H2,(H,16,19)(H,17,18). The zero-order valence-corrected chi connectivity index (χ0v) is 13.3. The Labute approximate surface area is 134 Å². The van der Waals surface area contributed by atoms with Gasteiger partial charge in [-0.1, -0.05) is 30.3 Å². The molecule has 0 aliphatic carbocycles. The van der Waals surface area contributed by atoms with Gasteiger partial charge in [-0.3, -0.25) is 0 Å². The Morgan fingerprint density at radius 1 is 1.30 bits per heavy atom. The molecule has 7 nitrogen and oxygen atoms in total. The molecule has 1 saturated heterocycles. The van der Waals surface area contributed by atoms with Crippen LogP contribution in [0.4, 0.5) is 4.79 Å². The Morgan fingerprint density at radius 3 is 2.57 bits per heavy atom. The smallest absolute Gasteiger partial charge is 0.408 e. The summed E-state index contributed by atoms with van der Waals surface area (Å²) in [4.78, 5) is 23.0. The molecule has 2 atom stereocenters. The zero-order valence-electron chi connectivity index (χ0n) is 12.5. The fourth-order valence-corrected chi connectivity index (χ4v) is 4.40. The normalized spacial score (nSPS) is 20.6. The van der Waals surface area contributed by atoms with E-state index in [2.05, 4.69) is 5.32 Å². The van der Waals surface area contributed by atoms with Gasteiger partial charge < -0.3 is 15.2 Å². The average molecular weight is 341 g/mol. The summed E-state index contributed by atoms with van der Waals surface area (Å²) in [5, 5.41) is 11.5. The van der Waals surface area contributed by atoms with Crippen LogP contribution >= 0.6 is 0 Å². The number of carbonyl (C=O) groups excluding carboxylic acids is 1. The van der Waals surface area contributed by atoms with Crippen LogP contribution in [0.25, 0.3) is 0 Å². The van der Waals surface area contributed by atoms with E-state index in [9.17, 15) is 23.1 Å². The Balaban J connectivity index is 1.84. The lowest BCUT2D eigenvalue weighted by Gasteiger charge is -2.17. The minimum Gasteiger partial charge on any atom is -0.480 e. The van der Waals surface area contributed by atoms with E-state index in [1.807, 2.05) is 6.07 Å². The van der Waals surface area contributed by atoms with Crippen LogP contribution < -0.4 is 5.32 Å². The fourth-order valence-electron chi connectivity index (χ4n) is 2.52. The molecule has 2 rings (SSSR count). The van der Waals surface area contributed by atoms with Crippen LogP contribution in [-0.4, -0.2) is 43.1 Å². The van der Waals surface area contributed by atoms with Gasteiger partial charge in [0.2, 0.25) is 0 Å². The lowest BCUT2D eigenvalue weighted by atomic mass is 9.99. The van der Waals surface area contributed by atoms with E-state index in [1.165, 1.54) is 0 Å². The molecule has 1 aliphatic rings. The van der Waals surface area contributed by atoms with Crippen molar-refractivity contribution in [2.24, 2.45) is 5.92 Å². The third-order valence-electron chi connectivity index (χ3n) is 3.70. The van der Waals surface area contributed by atoms with Gasteiger partial charge in [0.15, 0.2) is 9.84 Å². The number of amides is 1. The van der Waals surface area contributed by atoms with Crippen molar-refractivity contribution in [3.63, 3.8) is 0 Å². The highest BCUT2D eigenvalue weighted by Gasteiger charge is 2.32. The summed E-state index contributed by atoms with van der Waals surface area (Å²) in [7, 11) is -3.08. The number of carboxylic acids is 1. The van der Waals surface area contributed by atoms with Crippen molar-refractivity contribution in [3.8, 4) is 0 Å². The van der Waals surface area contributed by atoms with Crippen LogP contribution in [0, 0.1) is 5.92 Å². The first-order valence-electron chi connectivity index (χ1n) is 7.26. The first-order valence-corrected chi connectivity index (χ1v) is 9.08. The van der Waals surface area contributed by atoms with Gasteiger partial charge in [0.05, 0.1) is 11.5 Å². The number of nitrogens with one attached hydrogen (secondary N) is 1. The molecule has 2 unspecified atom stereocenters. The number of carbonyl (C=O) groups is 2. The van der Waals surface area contributed by atoms with Gasteiger partial charge in [-0.15, -0.1) is 0 Å². The first kappa shape index (κ1) is 17.3. The molecule has 1 aliphatic heterocycles. The molecule has 0 saturated carbocycles. The topological polar surface area (TPSA) is 110 Å². The van der Waals surface area contributed by atoms with Gasteiger partial charge in [-0.05, 0) is 24.3 Å². The number of sulfone groups is 1. The van der Waals surface area contributed by atoms with Crippen LogP contribution in [-0.2, 0) is 26.0 Å². The van der Waals surface area contributed by atoms with Crippen LogP contribution in [0.3, 0.4) is 0 Å². The van der Waals surface area contributed by atoms with E-state index in [-0.39, 0.29) is 30.5 Å². The second-order valence-corrected chi connectivity index (χ2v) is 7.83. The summed E-state index contributed by atoms with van der Waals surface area (Å²) in [6.45, 7) is 0.0385. The minimum atomic E-state index is -3.08. The minimum absolute atomic E-state index is 0.0302. The van der Waals surface area contributed by atoms with Crippen molar-refractivity contribution in [1.82, 2.24) is 5.32 Å². The molecule has 0 spiro atoms. The lowest BCUT2D eigenvalue weighted by Crippen LogP contribution is -2.42. The quantitative estimate of drug-likeness (QED) is 0.804. The number of hydrogen-bond donors (Lipinski definition) is 2. The van der Waals surface area contributed by atoms with Gasteiger partial charge in [-0.25, -0.2) is 18.0 Å². The van der Waals surface area contributed by atoms with Crippen molar-refractivity contribution in [2.45, 2.75) is 25.5 Å².